The lowest BCUT2D eigenvalue weighted by Gasteiger charge is -2.20. The lowest BCUT2D eigenvalue weighted by Crippen LogP contribution is -2.29. The third kappa shape index (κ3) is 3.83. The van der Waals surface area contributed by atoms with Crippen LogP contribution in [-0.4, -0.2) is 26.2 Å². The summed E-state index contributed by atoms with van der Waals surface area (Å²) in [6.45, 7) is 8.27. The molecule has 1 aliphatic rings. The van der Waals surface area contributed by atoms with Crippen molar-refractivity contribution in [2.24, 2.45) is 11.8 Å². The largest absolute Gasteiger partial charge is 0.369 e. The minimum absolute atomic E-state index is 0.207. The molecule has 1 N–H and O–H groups in total. The fourth-order valence-electron chi connectivity index (χ4n) is 2.53. The van der Waals surface area contributed by atoms with Crippen LogP contribution in [0.3, 0.4) is 0 Å². The second kappa shape index (κ2) is 6.58. The first-order valence-corrected chi connectivity index (χ1v) is 7.35. The molecule has 1 aliphatic heterocycles. The average Bonchev–Trinajstić information content (AvgIpc) is 2.81. The van der Waals surface area contributed by atoms with Gasteiger partial charge < -0.3 is 10.2 Å². The Morgan fingerprint density at radius 1 is 1.47 bits per heavy atom. The fourth-order valence-corrected chi connectivity index (χ4v) is 2.70. The lowest BCUT2D eigenvalue weighted by molar-refractivity contribution is 0.477. The Hall–Kier alpha value is -0.800. The first kappa shape index (κ1) is 14.6. The van der Waals surface area contributed by atoms with E-state index < -0.39 is 0 Å². The van der Waals surface area contributed by atoms with Gasteiger partial charge in [-0.1, -0.05) is 31.5 Å². The van der Waals surface area contributed by atoms with Crippen molar-refractivity contribution in [3.8, 4) is 0 Å². The molecule has 2 nitrogen and oxygen atoms in total. The van der Waals surface area contributed by atoms with Crippen LogP contribution in [0.5, 0.6) is 0 Å². The quantitative estimate of drug-likeness (QED) is 0.889. The molecule has 4 heteroatoms. The Kier molecular flexibility index (Phi) is 5.06. The molecule has 0 amide bonds. The summed E-state index contributed by atoms with van der Waals surface area (Å²) in [4.78, 5) is 2.10. The predicted molar refractivity (Wildman–Crippen MR) is 79.4 cm³/mol. The van der Waals surface area contributed by atoms with Crippen molar-refractivity contribution in [1.29, 1.82) is 0 Å². The molecule has 1 saturated heterocycles. The van der Waals surface area contributed by atoms with Gasteiger partial charge in [0.1, 0.15) is 0 Å². The highest BCUT2D eigenvalue weighted by atomic mass is 35.5. The van der Waals surface area contributed by atoms with E-state index >= 15 is 0 Å². The normalized spacial score (nSPS) is 19.4. The van der Waals surface area contributed by atoms with Crippen molar-refractivity contribution in [2.75, 3.05) is 31.1 Å². The maximum Gasteiger partial charge on any atom is 0.165 e. The predicted octanol–water partition coefficient (Wildman–Crippen LogP) is 3.55. The Morgan fingerprint density at radius 3 is 3.00 bits per heavy atom. The number of halogens is 2. The zero-order valence-electron chi connectivity index (χ0n) is 11.6. The standard InChI is InChI=1S/C15H22ClFN2/c1-11(2)8-18-9-12-6-7-19(10-12)14-5-3-4-13(16)15(14)17/h3-5,11-12,18H,6-10H2,1-2H3. The highest BCUT2D eigenvalue weighted by Crippen LogP contribution is 2.29. The summed E-state index contributed by atoms with van der Waals surface area (Å²) in [6.07, 6.45) is 1.11. The second-order valence-electron chi connectivity index (χ2n) is 5.73. The van der Waals surface area contributed by atoms with Gasteiger partial charge in [-0.25, -0.2) is 4.39 Å². The zero-order chi connectivity index (χ0) is 13.8. The fraction of sp³-hybridized carbons (Fsp3) is 0.600. The maximum atomic E-state index is 13.9. The van der Waals surface area contributed by atoms with E-state index in [1.165, 1.54) is 0 Å². The van der Waals surface area contributed by atoms with Gasteiger partial charge in [0.25, 0.3) is 0 Å². The Bertz CT molecular complexity index is 423. The molecule has 1 aromatic carbocycles. The summed E-state index contributed by atoms with van der Waals surface area (Å²) in [5, 5.41) is 3.69. The minimum Gasteiger partial charge on any atom is -0.369 e. The average molecular weight is 285 g/mol. The smallest absolute Gasteiger partial charge is 0.165 e. The molecule has 0 aromatic heterocycles. The molecule has 0 bridgehead atoms. The van der Waals surface area contributed by atoms with E-state index in [1.807, 2.05) is 12.1 Å². The second-order valence-corrected chi connectivity index (χ2v) is 6.13. The van der Waals surface area contributed by atoms with Crippen molar-refractivity contribution in [3.05, 3.63) is 29.0 Å². The summed E-state index contributed by atoms with van der Waals surface area (Å²) in [5.74, 6) is 0.972. The molecule has 19 heavy (non-hydrogen) atoms. The van der Waals surface area contributed by atoms with Gasteiger partial charge in [-0.2, -0.15) is 0 Å². The number of hydrogen-bond donors (Lipinski definition) is 1. The van der Waals surface area contributed by atoms with Crippen LogP contribution in [0.25, 0.3) is 0 Å². The van der Waals surface area contributed by atoms with Crippen LogP contribution in [0, 0.1) is 17.7 Å². The Balaban J connectivity index is 1.89. The monoisotopic (exact) mass is 284 g/mol. The SMILES string of the molecule is CC(C)CNCC1CCN(c2cccc(Cl)c2F)C1. The molecule has 106 valence electrons. The van der Waals surface area contributed by atoms with Crippen molar-refractivity contribution >= 4 is 17.3 Å². The molecule has 0 spiro atoms. The van der Waals surface area contributed by atoms with Gasteiger partial charge in [0, 0.05) is 13.1 Å². The first-order valence-electron chi connectivity index (χ1n) is 6.97. The molecular weight excluding hydrogens is 263 g/mol. The Labute approximate surface area is 119 Å². The van der Waals surface area contributed by atoms with Gasteiger partial charge in [0.05, 0.1) is 10.7 Å². The number of benzene rings is 1. The van der Waals surface area contributed by atoms with Gasteiger partial charge in [-0.3, -0.25) is 0 Å². The highest BCUT2D eigenvalue weighted by molar-refractivity contribution is 6.31. The molecule has 0 saturated carbocycles. The van der Waals surface area contributed by atoms with E-state index in [-0.39, 0.29) is 10.8 Å². The highest BCUT2D eigenvalue weighted by Gasteiger charge is 2.24. The molecule has 1 unspecified atom stereocenters. The van der Waals surface area contributed by atoms with Crippen LogP contribution in [0.1, 0.15) is 20.3 Å². The summed E-state index contributed by atoms with van der Waals surface area (Å²) in [6, 6.07) is 5.22. The minimum atomic E-state index is -0.292. The third-order valence-electron chi connectivity index (χ3n) is 3.54. The summed E-state index contributed by atoms with van der Waals surface area (Å²) in [5.41, 5.74) is 0.638. The van der Waals surface area contributed by atoms with Crippen molar-refractivity contribution < 1.29 is 4.39 Å². The Morgan fingerprint density at radius 2 is 2.26 bits per heavy atom. The van der Waals surface area contributed by atoms with E-state index in [0.717, 1.165) is 32.6 Å². The maximum absolute atomic E-state index is 13.9. The van der Waals surface area contributed by atoms with Crippen LogP contribution in [-0.2, 0) is 0 Å². The van der Waals surface area contributed by atoms with Gasteiger partial charge >= 0.3 is 0 Å². The topological polar surface area (TPSA) is 15.3 Å². The number of nitrogens with one attached hydrogen (secondary N) is 1. The molecule has 1 heterocycles. The lowest BCUT2D eigenvalue weighted by atomic mass is 10.1. The van der Waals surface area contributed by atoms with E-state index in [4.69, 9.17) is 11.6 Å². The summed E-state index contributed by atoms with van der Waals surface area (Å²) in [7, 11) is 0. The van der Waals surface area contributed by atoms with Gasteiger partial charge in [-0.05, 0) is 43.5 Å². The molecule has 1 atom stereocenters. The molecule has 0 radical (unpaired) electrons. The number of rotatable bonds is 5. The van der Waals surface area contributed by atoms with Crippen LogP contribution in [0.4, 0.5) is 10.1 Å². The molecule has 1 aromatic rings. The van der Waals surface area contributed by atoms with Crippen molar-refractivity contribution in [2.45, 2.75) is 20.3 Å². The van der Waals surface area contributed by atoms with Crippen LogP contribution in [0.2, 0.25) is 5.02 Å². The zero-order valence-corrected chi connectivity index (χ0v) is 12.4. The molecule has 2 rings (SSSR count). The molecular formula is C15H22ClFN2. The molecule has 0 aliphatic carbocycles. The van der Waals surface area contributed by atoms with Crippen LogP contribution >= 0.6 is 11.6 Å². The summed E-state index contributed by atoms with van der Waals surface area (Å²) >= 11 is 5.83. The molecule has 1 fully saturated rings. The van der Waals surface area contributed by atoms with Crippen LogP contribution < -0.4 is 10.2 Å². The van der Waals surface area contributed by atoms with E-state index in [2.05, 4.69) is 24.1 Å². The first-order chi connectivity index (χ1) is 9.08. The van der Waals surface area contributed by atoms with Crippen molar-refractivity contribution in [3.63, 3.8) is 0 Å². The van der Waals surface area contributed by atoms with E-state index in [9.17, 15) is 4.39 Å². The number of nitrogens with zero attached hydrogens (tertiary/aromatic N) is 1. The summed E-state index contributed by atoms with van der Waals surface area (Å²) < 4.78 is 13.9. The van der Waals surface area contributed by atoms with E-state index in [0.29, 0.717) is 17.5 Å². The van der Waals surface area contributed by atoms with Crippen LogP contribution in [0.15, 0.2) is 18.2 Å². The van der Waals surface area contributed by atoms with E-state index in [1.54, 1.807) is 6.07 Å². The van der Waals surface area contributed by atoms with Gasteiger partial charge in [0.15, 0.2) is 5.82 Å². The number of hydrogen-bond acceptors (Lipinski definition) is 2. The van der Waals surface area contributed by atoms with Crippen molar-refractivity contribution in [1.82, 2.24) is 5.32 Å². The third-order valence-corrected chi connectivity index (χ3v) is 3.84. The number of anilines is 1. The van der Waals surface area contributed by atoms with Gasteiger partial charge in [-0.15, -0.1) is 0 Å². The van der Waals surface area contributed by atoms with Gasteiger partial charge in [0.2, 0.25) is 0 Å².